The Balaban J connectivity index is 4.25. The van der Waals surface area contributed by atoms with Crippen molar-refractivity contribution in [3.63, 3.8) is 0 Å². The second-order valence-electron chi connectivity index (χ2n) is 2.33. The molecule has 0 bridgehead atoms. The third-order valence-electron chi connectivity index (χ3n) is 1.05. The molecule has 15 heavy (non-hydrogen) atoms. The molecule has 0 aliphatic heterocycles. The minimum Gasteiger partial charge on any atom is -0.603 e. The Bertz CT molecular complexity index is 271. The van der Waals surface area contributed by atoms with Gasteiger partial charge in [-0.1, -0.05) is 13.2 Å². The van der Waals surface area contributed by atoms with Gasteiger partial charge in [-0.3, -0.25) is 0 Å². The number of ketones is 1. The molecule has 0 radical (unpaired) electrons. The zero-order valence-corrected chi connectivity index (χ0v) is 7.99. The van der Waals surface area contributed by atoms with Gasteiger partial charge in [0.05, 0.1) is 13.2 Å². The summed E-state index contributed by atoms with van der Waals surface area (Å²) in [5, 5.41) is 20.7. The van der Waals surface area contributed by atoms with Crippen molar-refractivity contribution in [2.24, 2.45) is 0 Å². The Morgan fingerprint density at radius 3 is 1.87 bits per heavy atom. The van der Waals surface area contributed by atoms with E-state index in [2.05, 4.69) is 34.0 Å². The lowest BCUT2D eigenvalue weighted by molar-refractivity contribution is -0.385. The summed E-state index contributed by atoms with van der Waals surface area (Å²) in [5.41, 5.74) is 0. The molecule has 0 aliphatic carbocycles. The Morgan fingerprint density at radius 2 is 1.60 bits per heavy atom. The quantitative estimate of drug-likeness (QED) is 0.294. The molecule has 0 fully saturated rings. The molecule has 0 atom stereocenters. The van der Waals surface area contributed by atoms with Gasteiger partial charge in [0, 0.05) is 11.9 Å². The molecule has 0 saturated carbocycles. The fourth-order valence-corrected chi connectivity index (χ4v) is 0.584. The average molecular weight is 214 g/mol. The maximum atomic E-state index is 10.5. The van der Waals surface area contributed by atoms with Crippen LogP contribution in [0.15, 0.2) is 25.0 Å². The summed E-state index contributed by atoms with van der Waals surface area (Å²) in [6.45, 7) is 8.13. The molecule has 0 aromatic carbocycles. The van der Waals surface area contributed by atoms with Gasteiger partial charge in [-0.2, -0.15) is 0 Å². The first-order valence-electron chi connectivity index (χ1n) is 3.77. The third kappa shape index (κ3) is 8.23. The fraction of sp³-hybridized carbons (Fsp3) is 0.222. The number of carbonyl (C=O) groups excluding carboxylic acids is 2. The van der Waals surface area contributed by atoms with Gasteiger partial charge in [0.25, 0.3) is 6.92 Å². The molecular formula is C9H10O6. The first-order valence-corrected chi connectivity index (χ1v) is 3.77. The van der Waals surface area contributed by atoms with Gasteiger partial charge < -0.3 is 19.7 Å². The lowest BCUT2D eigenvalue weighted by Gasteiger charge is -2.15. The SMILES string of the molecule is C=C([O-])OCC(COC(=C)[O-])=[O+]C([CH2+])=O. The van der Waals surface area contributed by atoms with Crippen molar-refractivity contribution < 1.29 is 28.9 Å². The van der Waals surface area contributed by atoms with Crippen molar-refractivity contribution in [3.05, 3.63) is 32.0 Å². The molecule has 6 heteroatoms. The first kappa shape index (κ1) is 12.9. The van der Waals surface area contributed by atoms with Gasteiger partial charge >= 0.3 is 5.97 Å². The van der Waals surface area contributed by atoms with Crippen molar-refractivity contribution in [2.45, 2.75) is 0 Å². The van der Waals surface area contributed by atoms with Gasteiger partial charge in [0.15, 0.2) is 0 Å². The number of hydrogen-bond acceptors (Lipinski definition) is 5. The largest absolute Gasteiger partial charge is 0.758 e. The lowest BCUT2D eigenvalue weighted by Crippen LogP contribution is -2.23. The predicted molar refractivity (Wildman–Crippen MR) is 45.6 cm³/mol. The summed E-state index contributed by atoms with van der Waals surface area (Å²) in [4.78, 5) is 10.5. The van der Waals surface area contributed by atoms with Crippen molar-refractivity contribution in [1.82, 2.24) is 0 Å². The van der Waals surface area contributed by atoms with E-state index in [-0.39, 0.29) is 19.0 Å². The van der Waals surface area contributed by atoms with E-state index in [4.69, 9.17) is 0 Å². The van der Waals surface area contributed by atoms with Crippen LogP contribution in [0.1, 0.15) is 0 Å². The molecule has 82 valence electrons. The Kier molecular flexibility index (Phi) is 5.47. The van der Waals surface area contributed by atoms with E-state index in [9.17, 15) is 15.0 Å². The standard InChI is InChI=1S/C9H10O6/c1-6(10)13-4-9(15-8(3)12)5-14-7(2)11/h1-5H2. The minimum atomic E-state index is -0.856. The summed E-state index contributed by atoms with van der Waals surface area (Å²) in [5.74, 6) is -2.52. The average Bonchev–Trinajstić information content (AvgIpc) is 2.08. The van der Waals surface area contributed by atoms with Crippen LogP contribution < -0.4 is 10.2 Å². The van der Waals surface area contributed by atoms with E-state index >= 15 is 0 Å². The summed E-state index contributed by atoms with van der Waals surface area (Å²) < 4.78 is 13.4. The molecular weight excluding hydrogens is 204 g/mol. The Morgan fingerprint density at radius 1 is 1.20 bits per heavy atom. The van der Waals surface area contributed by atoms with Crippen LogP contribution in [0, 0.1) is 6.92 Å². The van der Waals surface area contributed by atoms with E-state index in [0.29, 0.717) is 0 Å². The number of carbonyl (C=O) groups is 1. The number of hydrogen-bond donors (Lipinski definition) is 0. The molecule has 0 amide bonds. The molecule has 0 aliphatic rings. The molecule has 0 aromatic heterocycles. The maximum Gasteiger partial charge on any atom is 0.758 e. The molecule has 6 nitrogen and oxygen atoms in total. The lowest BCUT2D eigenvalue weighted by atomic mass is 10.4. The predicted octanol–water partition coefficient (Wildman–Crippen LogP) is -1.85. The smallest absolute Gasteiger partial charge is 0.603 e. The van der Waals surface area contributed by atoms with E-state index in [1.165, 1.54) is 0 Å². The van der Waals surface area contributed by atoms with Crippen LogP contribution in [-0.2, 0) is 18.7 Å². The summed E-state index contributed by atoms with van der Waals surface area (Å²) in [7, 11) is 0. The summed E-state index contributed by atoms with van der Waals surface area (Å²) in [6.07, 6.45) is 0. The summed E-state index contributed by atoms with van der Waals surface area (Å²) >= 11 is 0. The highest BCUT2D eigenvalue weighted by Gasteiger charge is 2.15. The van der Waals surface area contributed by atoms with E-state index in [0.717, 1.165) is 0 Å². The van der Waals surface area contributed by atoms with E-state index < -0.39 is 17.9 Å². The van der Waals surface area contributed by atoms with Crippen molar-refractivity contribution in [1.29, 1.82) is 0 Å². The van der Waals surface area contributed by atoms with Crippen LogP contribution in [0.2, 0.25) is 0 Å². The molecule has 0 N–H and O–H groups in total. The minimum absolute atomic E-state index is 0.0657. The summed E-state index contributed by atoms with van der Waals surface area (Å²) in [6, 6.07) is 0. The van der Waals surface area contributed by atoms with Gasteiger partial charge in [-0.05, 0) is 0 Å². The highest BCUT2D eigenvalue weighted by molar-refractivity contribution is 5.86. The van der Waals surface area contributed by atoms with Crippen molar-refractivity contribution in [2.75, 3.05) is 13.2 Å². The first-order chi connectivity index (χ1) is 6.91. The highest BCUT2D eigenvalue weighted by Crippen LogP contribution is 1.89. The Labute approximate surface area is 86.7 Å². The van der Waals surface area contributed by atoms with Crippen molar-refractivity contribution in [3.8, 4) is 0 Å². The number of rotatable bonds is 6. The van der Waals surface area contributed by atoms with Gasteiger partial charge in [-0.15, -0.1) is 0 Å². The van der Waals surface area contributed by atoms with Gasteiger partial charge in [0.1, 0.15) is 4.79 Å². The monoisotopic (exact) mass is 214 g/mol. The van der Waals surface area contributed by atoms with E-state index in [1.54, 1.807) is 0 Å². The number of ether oxygens (including phenoxy) is 2. The van der Waals surface area contributed by atoms with Gasteiger partial charge in [0.2, 0.25) is 5.78 Å². The maximum absolute atomic E-state index is 10.5. The molecule has 0 spiro atoms. The normalized spacial score (nSPS) is 8.80. The van der Waals surface area contributed by atoms with Crippen LogP contribution >= 0.6 is 0 Å². The Hall–Kier alpha value is -2.11. The molecule has 0 aromatic rings. The van der Waals surface area contributed by atoms with Crippen LogP contribution in [-0.4, -0.2) is 25.0 Å². The van der Waals surface area contributed by atoms with Crippen LogP contribution in [0.3, 0.4) is 0 Å². The molecule has 0 saturated heterocycles. The highest BCUT2D eigenvalue weighted by atomic mass is 16.6. The zero-order valence-electron chi connectivity index (χ0n) is 7.99. The molecule has 0 rings (SSSR count). The molecule has 0 unspecified atom stereocenters. The van der Waals surface area contributed by atoms with Crippen LogP contribution in [0.4, 0.5) is 0 Å². The second kappa shape index (κ2) is 6.36. The third-order valence-corrected chi connectivity index (χ3v) is 1.05. The van der Waals surface area contributed by atoms with E-state index in [1.807, 2.05) is 0 Å². The van der Waals surface area contributed by atoms with Crippen LogP contribution in [0.5, 0.6) is 0 Å². The van der Waals surface area contributed by atoms with Crippen LogP contribution in [0.25, 0.3) is 0 Å². The topological polar surface area (TPSA) is 92.9 Å². The second-order valence-corrected chi connectivity index (χ2v) is 2.33. The van der Waals surface area contributed by atoms with Gasteiger partial charge in [-0.25, -0.2) is 4.42 Å². The fourth-order valence-electron chi connectivity index (χ4n) is 0.584. The molecule has 0 heterocycles. The van der Waals surface area contributed by atoms with Crippen molar-refractivity contribution >= 4 is 11.8 Å². The zero-order chi connectivity index (χ0) is 11.8.